The first-order valence-corrected chi connectivity index (χ1v) is 6.88. The van der Waals surface area contributed by atoms with Gasteiger partial charge in [-0.2, -0.15) is 0 Å². The molecule has 4 nitrogen and oxygen atoms in total. The Morgan fingerprint density at radius 2 is 2.00 bits per heavy atom. The van der Waals surface area contributed by atoms with E-state index in [1.807, 2.05) is 7.11 Å². The largest absolute Gasteiger partial charge is 0.380 e. The maximum Gasteiger partial charge on any atom is 0.181 e. The van der Waals surface area contributed by atoms with Crippen molar-refractivity contribution in [1.82, 2.24) is 4.90 Å². The van der Waals surface area contributed by atoms with E-state index in [0.29, 0.717) is 12.1 Å². The third kappa shape index (κ3) is 2.24. The number of piperidine rings is 1. The lowest BCUT2D eigenvalue weighted by molar-refractivity contribution is -0.197. The van der Waals surface area contributed by atoms with E-state index in [1.54, 1.807) is 0 Å². The van der Waals surface area contributed by atoms with E-state index in [-0.39, 0.29) is 5.79 Å². The van der Waals surface area contributed by atoms with Gasteiger partial charge in [0, 0.05) is 19.6 Å². The summed E-state index contributed by atoms with van der Waals surface area (Å²) in [6.45, 7) is 3.61. The van der Waals surface area contributed by atoms with Crippen molar-refractivity contribution in [2.24, 2.45) is 0 Å². The Labute approximate surface area is 103 Å². The highest BCUT2D eigenvalue weighted by molar-refractivity contribution is 4.92. The molecule has 0 bridgehead atoms. The fraction of sp³-hybridized carbons (Fsp3) is 1.00. The van der Waals surface area contributed by atoms with Gasteiger partial charge in [-0.3, -0.25) is 4.90 Å². The zero-order valence-electron chi connectivity index (χ0n) is 10.7. The van der Waals surface area contributed by atoms with Gasteiger partial charge in [0.1, 0.15) is 0 Å². The zero-order chi connectivity index (χ0) is 11.7. The van der Waals surface area contributed by atoms with Crippen molar-refractivity contribution in [2.45, 2.75) is 50.0 Å². The molecule has 1 saturated carbocycles. The first-order chi connectivity index (χ1) is 8.33. The molecule has 2 atom stereocenters. The smallest absolute Gasteiger partial charge is 0.181 e. The summed E-state index contributed by atoms with van der Waals surface area (Å²) in [4.78, 5) is 2.54. The maximum absolute atomic E-state index is 5.84. The Morgan fingerprint density at radius 3 is 2.76 bits per heavy atom. The van der Waals surface area contributed by atoms with Gasteiger partial charge in [0.15, 0.2) is 5.79 Å². The molecule has 4 heteroatoms. The van der Waals surface area contributed by atoms with Gasteiger partial charge in [0.25, 0.3) is 0 Å². The number of ether oxygens (including phenoxy) is 3. The van der Waals surface area contributed by atoms with E-state index in [4.69, 9.17) is 14.2 Å². The predicted molar refractivity (Wildman–Crippen MR) is 63.9 cm³/mol. The second-order valence-electron chi connectivity index (χ2n) is 5.45. The Hall–Kier alpha value is -0.160. The number of likely N-dealkylation sites (tertiary alicyclic amines) is 1. The molecule has 0 aromatic carbocycles. The van der Waals surface area contributed by atoms with E-state index in [1.165, 1.54) is 32.2 Å². The minimum atomic E-state index is -0.293. The molecular weight excluding hydrogens is 218 g/mol. The SMILES string of the molecule is COC1CCCC1N1CCCC2(C1)OCCO2. The summed E-state index contributed by atoms with van der Waals surface area (Å²) < 4.78 is 17.3. The number of nitrogens with zero attached hydrogens (tertiary/aromatic N) is 1. The molecule has 3 fully saturated rings. The molecule has 2 heterocycles. The first-order valence-electron chi connectivity index (χ1n) is 6.88. The molecule has 1 spiro atoms. The summed E-state index contributed by atoms with van der Waals surface area (Å²) in [5.74, 6) is -0.293. The summed E-state index contributed by atoms with van der Waals surface area (Å²) in [6, 6.07) is 0.574. The van der Waals surface area contributed by atoms with E-state index in [9.17, 15) is 0 Å². The molecular formula is C13H23NO3. The topological polar surface area (TPSA) is 30.9 Å². The summed E-state index contributed by atoms with van der Waals surface area (Å²) in [5.41, 5.74) is 0. The van der Waals surface area contributed by atoms with Crippen LogP contribution in [0.4, 0.5) is 0 Å². The number of methoxy groups -OCH3 is 1. The van der Waals surface area contributed by atoms with Gasteiger partial charge >= 0.3 is 0 Å². The number of rotatable bonds is 2. The lowest BCUT2D eigenvalue weighted by Gasteiger charge is -2.42. The van der Waals surface area contributed by atoms with E-state index in [0.717, 1.165) is 26.2 Å². The summed E-state index contributed by atoms with van der Waals surface area (Å²) in [6.07, 6.45) is 6.38. The molecule has 3 rings (SSSR count). The Morgan fingerprint density at radius 1 is 1.18 bits per heavy atom. The summed E-state index contributed by atoms with van der Waals surface area (Å²) in [5, 5.41) is 0. The number of hydrogen-bond acceptors (Lipinski definition) is 4. The fourth-order valence-electron chi connectivity index (χ4n) is 3.63. The molecule has 0 N–H and O–H groups in total. The normalized spacial score (nSPS) is 37.9. The monoisotopic (exact) mass is 241 g/mol. The van der Waals surface area contributed by atoms with Crippen LogP contribution in [0.3, 0.4) is 0 Å². The minimum absolute atomic E-state index is 0.293. The first kappa shape index (κ1) is 11.9. The molecule has 2 saturated heterocycles. The van der Waals surface area contributed by atoms with E-state index < -0.39 is 0 Å². The van der Waals surface area contributed by atoms with Crippen molar-refractivity contribution in [3.05, 3.63) is 0 Å². The van der Waals surface area contributed by atoms with Crippen molar-refractivity contribution in [1.29, 1.82) is 0 Å². The van der Waals surface area contributed by atoms with Gasteiger partial charge in [0.2, 0.25) is 0 Å². The summed E-state index contributed by atoms with van der Waals surface area (Å²) in [7, 11) is 1.84. The van der Waals surface area contributed by atoms with Gasteiger partial charge in [-0.25, -0.2) is 0 Å². The molecule has 0 aromatic rings. The van der Waals surface area contributed by atoms with Crippen LogP contribution in [0.5, 0.6) is 0 Å². The Kier molecular flexibility index (Phi) is 3.39. The van der Waals surface area contributed by atoms with Gasteiger partial charge in [0.05, 0.1) is 25.9 Å². The molecule has 3 aliphatic rings. The molecule has 0 aromatic heterocycles. The van der Waals surface area contributed by atoms with Crippen LogP contribution >= 0.6 is 0 Å². The lowest BCUT2D eigenvalue weighted by atomic mass is 10.0. The number of hydrogen-bond donors (Lipinski definition) is 0. The third-order valence-electron chi connectivity index (χ3n) is 4.45. The van der Waals surface area contributed by atoms with Crippen LogP contribution in [0.2, 0.25) is 0 Å². The highest BCUT2D eigenvalue weighted by Gasteiger charge is 2.44. The average molecular weight is 241 g/mol. The van der Waals surface area contributed by atoms with Crippen LogP contribution in [-0.2, 0) is 14.2 Å². The van der Waals surface area contributed by atoms with Crippen LogP contribution in [0, 0.1) is 0 Å². The standard InChI is InChI=1S/C13H23NO3/c1-15-12-5-2-4-11(12)14-7-3-6-13(10-14)16-8-9-17-13/h11-12H,2-10H2,1H3. The van der Waals surface area contributed by atoms with Crippen LogP contribution in [0.25, 0.3) is 0 Å². The van der Waals surface area contributed by atoms with E-state index >= 15 is 0 Å². The molecule has 0 amide bonds. The summed E-state index contributed by atoms with van der Waals surface area (Å²) >= 11 is 0. The van der Waals surface area contributed by atoms with Gasteiger partial charge < -0.3 is 14.2 Å². The van der Waals surface area contributed by atoms with Crippen molar-refractivity contribution in [3.63, 3.8) is 0 Å². The Balaban J connectivity index is 1.67. The Bertz CT molecular complexity index is 265. The second-order valence-corrected chi connectivity index (χ2v) is 5.45. The van der Waals surface area contributed by atoms with Crippen molar-refractivity contribution in [3.8, 4) is 0 Å². The molecule has 0 radical (unpaired) electrons. The van der Waals surface area contributed by atoms with Gasteiger partial charge in [-0.1, -0.05) is 0 Å². The highest BCUT2D eigenvalue weighted by Crippen LogP contribution is 2.35. The lowest BCUT2D eigenvalue weighted by Crippen LogP contribution is -2.54. The van der Waals surface area contributed by atoms with Crippen LogP contribution < -0.4 is 0 Å². The van der Waals surface area contributed by atoms with Crippen molar-refractivity contribution in [2.75, 3.05) is 33.4 Å². The van der Waals surface area contributed by atoms with Gasteiger partial charge in [-0.05, 0) is 32.2 Å². The zero-order valence-corrected chi connectivity index (χ0v) is 10.7. The van der Waals surface area contributed by atoms with Crippen LogP contribution in [0.1, 0.15) is 32.1 Å². The molecule has 2 aliphatic heterocycles. The minimum Gasteiger partial charge on any atom is -0.380 e. The molecule has 1 aliphatic carbocycles. The van der Waals surface area contributed by atoms with Crippen LogP contribution in [0.15, 0.2) is 0 Å². The molecule has 17 heavy (non-hydrogen) atoms. The van der Waals surface area contributed by atoms with Gasteiger partial charge in [-0.15, -0.1) is 0 Å². The molecule has 98 valence electrons. The maximum atomic E-state index is 5.84. The van der Waals surface area contributed by atoms with Crippen LogP contribution in [-0.4, -0.2) is 56.2 Å². The molecule has 2 unspecified atom stereocenters. The quantitative estimate of drug-likeness (QED) is 0.731. The average Bonchev–Trinajstić information content (AvgIpc) is 2.98. The van der Waals surface area contributed by atoms with Crippen molar-refractivity contribution < 1.29 is 14.2 Å². The predicted octanol–water partition coefficient (Wildman–Crippen LogP) is 1.39. The third-order valence-corrected chi connectivity index (χ3v) is 4.45. The second kappa shape index (κ2) is 4.84. The van der Waals surface area contributed by atoms with Crippen molar-refractivity contribution >= 4 is 0 Å². The van der Waals surface area contributed by atoms with E-state index in [2.05, 4.69) is 4.90 Å². The fourth-order valence-corrected chi connectivity index (χ4v) is 3.63. The highest BCUT2D eigenvalue weighted by atomic mass is 16.7.